The molecular formula is C15H11Cl2N3O3. The van der Waals surface area contributed by atoms with Gasteiger partial charge in [-0.1, -0.05) is 29.3 Å². The molecule has 2 rings (SSSR count). The smallest absolute Gasteiger partial charge is 0.255 e. The molecule has 8 heteroatoms. The molecule has 0 aliphatic rings. The molecule has 0 bridgehead atoms. The number of carbonyl (C=O) groups excluding carboxylic acids is 3. The molecule has 1 heterocycles. The summed E-state index contributed by atoms with van der Waals surface area (Å²) in [6.45, 7) is 4.97. The van der Waals surface area contributed by atoms with Gasteiger partial charge in [-0.3, -0.25) is 14.4 Å². The van der Waals surface area contributed by atoms with Crippen LogP contribution in [0.4, 0.5) is 0 Å². The van der Waals surface area contributed by atoms with Gasteiger partial charge in [0.05, 0.1) is 21.1 Å². The zero-order chi connectivity index (χ0) is 17.1. The summed E-state index contributed by atoms with van der Waals surface area (Å²) in [6.07, 6.45) is 1.89. The number of nitrogens with zero attached hydrogens (tertiary/aromatic N) is 2. The van der Waals surface area contributed by atoms with E-state index in [4.69, 9.17) is 23.2 Å². The maximum absolute atomic E-state index is 12.3. The summed E-state index contributed by atoms with van der Waals surface area (Å²) in [7, 11) is 0. The lowest BCUT2D eigenvalue weighted by Gasteiger charge is -2.11. The molecule has 0 saturated heterocycles. The van der Waals surface area contributed by atoms with Gasteiger partial charge >= 0.3 is 0 Å². The topological polar surface area (TPSA) is 89.0 Å². The second kappa shape index (κ2) is 6.85. The van der Waals surface area contributed by atoms with Crippen molar-refractivity contribution in [3.8, 4) is 0 Å². The van der Waals surface area contributed by atoms with Gasteiger partial charge in [0, 0.05) is 13.5 Å². The maximum atomic E-state index is 12.3. The third kappa shape index (κ3) is 3.23. The minimum Gasteiger partial charge on any atom is -0.348 e. The number of hydrogen-bond acceptors (Lipinski definition) is 5. The molecule has 0 aliphatic heterocycles. The SMILES string of the molecule is C=CCNC(=O)c1c(Cl)c(Cl)cc2nc(C(C)=O)c(C=O)nc12. The first-order valence-electron chi connectivity index (χ1n) is 6.45. The second-order valence-corrected chi connectivity index (χ2v) is 5.33. The highest BCUT2D eigenvalue weighted by atomic mass is 35.5. The van der Waals surface area contributed by atoms with Crippen molar-refractivity contribution >= 4 is 52.2 Å². The Morgan fingerprint density at radius 2 is 2.04 bits per heavy atom. The molecule has 0 spiro atoms. The first kappa shape index (κ1) is 17.1. The second-order valence-electron chi connectivity index (χ2n) is 4.55. The minimum absolute atomic E-state index is 0.0116. The standard InChI is InChI=1S/C15H11Cl2N3O3/c1-3-4-18-15(23)11-12(17)8(16)5-9-14(11)20-10(6-21)13(19-9)7(2)22/h3,5-6H,1,4H2,2H3,(H,18,23). The van der Waals surface area contributed by atoms with Crippen LogP contribution in [0.15, 0.2) is 18.7 Å². The highest BCUT2D eigenvalue weighted by Crippen LogP contribution is 2.32. The summed E-state index contributed by atoms with van der Waals surface area (Å²) in [5, 5.41) is 2.64. The van der Waals surface area contributed by atoms with Gasteiger partial charge in [0.1, 0.15) is 16.9 Å². The van der Waals surface area contributed by atoms with Crippen LogP contribution in [0, 0.1) is 0 Å². The monoisotopic (exact) mass is 351 g/mol. The number of ketones is 1. The highest BCUT2D eigenvalue weighted by molar-refractivity contribution is 6.45. The number of Topliss-reactive ketones (excluding diaryl/α,β-unsaturated/α-hetero) is 1. The predicted octanol–water partition coefficient (Wildman–Crippen LogP) is 2.87. The first-order valence-corrected chi connectivity index (χ1v) is 7.21. The number of halogens is 2. The Morgan fingerprint density at radius 3 is 2.61 bits per heavy atom. The predicted molar refractivity (Wildman–Crippen MR) is 87.5 cm³/mol. The number of aldehydes is 1. The van der Waals surface area contributed by atoms with Gasteiger partial charge in [0.25, 0.3) is 5.91 Å². The third-order valence-electron chi connectivity index (χ3n) is 2.96. The molecule has 1 aromatic carbocycles. The number of amides is 1. The molecule has 0 unspecified atom stereocenters. The summed E-state index contributed by atoms with van der Waals surface area (Å²) < 4.78 is 0. The summed E-state index contributed by atoms with van der Waals surface area (Å²) >= 11 is 12.1. The van der Waals surface area contributed by atoms with E-state index in [2.05, 4.69) is 21.9 Å². The number of nitrogens with one attached hydrogen (secondary N) is 1. The van der Waals surface area contributed by atoms with Crippen LogP contribution in [0.5, 0.6) is 0 Å². The number of benzene rings is 1. The van der Waals surface area contributed by atoms with Gasteiger partial charge in [-0.2, -0.15) is 0 Å². The van der Waals surface area contributed by atoms with Crippen LogP contribution in [0.25, 0.3) is 11.0 Å². The zero-order valence-electron chi connectivity index (χ0n) is 12.0. The molecule has 1 N–H and O–H groups in total. The normalized spacial score (nSPS) is 10.4. The molecule has 6 nitrogen and oxygen atoms in total. The van der Waals surface area contributed by atoms with Crippen molar-refractivity contribution in [3.63, 3.8) is 0 Å². The van der Waals surface area contributed by atoms with Crippen LogP contribution in [0.2, 0.25) is 10.0 Å². The van der Waals surface area contributed by atoms with Crippen molar-refractivity contribution in [1.29, 1.82) is 0 Å². The van der Waals surface area contributed by atoms with Crippen LogP contribution < -0.4 is 5.32 Å². The highest BCUT2D eigenvalue weighted by Gasteiger charge is 2.22. The van der Waals surface area contributed by atoms with Crippen LogP contribution >= 0.6 is 23.2 Å². The number of hydrogen-bond donors (Lipinski definition) is 1. The van der Waals surface area contributed by atoms with E-state index in [0.29, 0.717) is 6.29 Å². The van der Waals surface area contributed by atoms with E-state index in [1.54, 1.807) is 0 Å². The Morgan fingerprint density at radius 1 is 1.35 bits per heavy atom. The van der Waals surface area contributed by atoms with Gasteiger partial charge in [0.15, 0.2) is 12.1 Å². The van der Waals surface area contributed by atoms with Crippen molar-refractivity contribution in [2.75, 3.05) is 6.54 Å². The fourth-order valence-electron chi connectivity index (χ4n) is 1.95. The van der Waals surface area contributed by atoms with Crippen LogP contribution in [0.1, 0.15) is 38.3 Å². The molecule has 2 aromatic rings. The molecule has 0 saturated carbocycles. The molecule has 0 fully saturated rings. The van der Waals surface area contributed by atoms with Gasteiger partial charge in [-0.25, -0.2) is 9.97 Å². The molecule has 118 valence electrons. The lowest BCUT2D eigenvalue weighted by Crippen LogP contribution is -2.24. The van der Waals surface area contributed by atoms with E-state index in [-0.39, 0.29) is 44.6 Å². The summed E-state index contributed by atoms with van der Waals surface area (Å²) in [5.74, 6) is -0.964. The number of rotatable bonds is 5. The minimum atomic E-state index is -0.538. The van der Waals surface area contributed by atoms with E-state index < -0.39 is 11.7 Å². The van der Waals surface area contributed by atoms with Gasteiger partial charge in [0.2, 0.25) is 0 Å². The average Bonchev–Trinajstić information content (AvgIpc) is 2.52. The van der Waals surface area contributed by atoms with E-state index in [1.807, 2.05) is 0 Å². The van der Waals surface area contributed by atoms with Gasteiger partial charge in [-0.15, -0.1) is 6.58 Å². The Bertz CT molecular complexity index is 850. The number of fused-ring (bicyclic) bond motifs is 1. The van der Waals surface area contributed by atoms with Crippen molar-refractivity contribution < 1.29 is 14.4 Å². The fraction of sp³-hybridized carbons (Fsp3) is 0.133. The van der Waals surface area contributed by atoms with Crippen molar-refractivity contribution in [2.45, 2.75) is 6.92 Å². The maximum Gasteiger partial charge on any atom is 0.255 e. The van der Waals surface area contributed by atoms with E-state index in [0.717, 1.165) is 0 Å². The largest absolute Gasteiger partial charge is 0.348 e. The Balaban J connectivity index is 2.81. The van der Waals surface area contributed by atoms with Crippen LogP contribution in [-0.2, 0) is 0 Å². The molecule has 0 atom stereocenters. The van der Waals surface area contributed by atoms with Crippen molar-refractivity contribution in [1.82, 2.24) is 15.3 Å². The molecule has 0 radical (unpaired) electrons. The average molecular weight is 352 g/mol. The molecule has 1 amide bonds. The van der Waals surface area contributed by atoms with E-state index in [9.17, 15) is 14.4 Å². The lowest BCUT2D eigenvalue weighted by atomic mass is 10.1. The summed E-state index contributed by atoms with van der Waals surface area (Å²) in [5.41, 5.74) is 0.0123. The van der Waals surface area contributed by atoms with Gasteiger partial charge in [-0.05, 0) is 6.07 Å². The quantitative estimate of drug-likeness (QED) is 0.508. The van der Waals surface area contributed by atoms with E-state index in [1.165, 1.54) is 19.1 Å². The van der Waals surface area contributed by atoms with Gasteiger partial charge < -0.3 is 5.32 Å². The number of aromatic nitrogens is 2. The molecule has 1 aromatic heterocycles. The van der Waals surface area contributed by atoms with Crippen LogP contribution in [0.3, 0.4) is 0 Å². The Hall–Kier alpha value is -2.31. The molecular weight excluding hydrogens is 341 g/mol. The molecule has 0 aliphatic carbocycles. The Kier molecular flexibility index (Phi) is 5.08. The Labute approximate surface area is 141 Å². The van der Waals surface area contributed by atoms with Crippen LogP contribution in [-0.4, -0.2) is 34.5 Å². The van der Waals surface area contributed by atoms with E-state index >= 15 is 0 Å². The summed E-state index contributed by atoms with van der Waals surface area (Å²) in [4.78, 5) is 43.2. The van der Waals surface area contributed by atoms with Crippen molar-refractivity contribution in [3.05, 3.63) is 45.7 Å². The fourth-order valence-corrected chi connectivity index (χ4v) is 2.38. The summed E-state index contributed by atoms with van der Waals surface area (Å²) in [6, 6.07) is 1.39. The lowest BCUT2D eigenvalue weighted by molar-refractivity contribution is 0.0958. The van der Waals surface area contributed by atoms with Crippen molar-refractivity contribution in [2.24, 2.45) is 0 Å². The first-order chi connectivity index (χ1) is 10.9. The zero-order valence-corrected chi connectivity index (χ0v) is 13.5. The number of carbonyl (C=O) groups is 3. The third-order valence-corrected chi connectivity index (χ3v) is 3.75. The molecule has 23 heavy (non-hydrogen) atoms.